The summed E-state index contributed by atoms with van der Waals surface area (Å²) in [6.07, 6.45) is 14.5. The van der Waals surface area contributed by atoms with Gasteiger partial charge in [0, 0.05) is 78.9 Å². The molecule has 0 aromatic rings. The molecule has 31 heavy (non-hydrogen) atoms. The first-order chi connectivity index (χ1) is 15.3. The maximum absolute atomic E-state index is 4.50. The van der Waals surface area contributed by atoms with Gasteiger partial charge in [-0.2, -0.15) is 0 Å². The minimum Gasteiger partial charge on any atom is -0.360 e. The van der Waals surface area contributed by atoms with Crippen molar-refractivity contribution in [3.05, 3.63) is 12.2 Å². The van der Waals surface area contributed by atoms with E-state index in [4.69, 9.17) is 0 Å². The van der Waals surface area contributed by atoms with E-state index in [1.165, 1.54) is 115 Å². The lowest BCUT2D eigenvalue weighted by molar-refractivity contribution is 0.269. The second-order valence-electron chi connectivity index (χ2n) is 9.16. The molecule has 6 aliphatic heterocycles. The summed E-state index contributed by atoms with van der Waals surface area (Å²) in [4.78, 5) is 22.9. The van der Waals surface area contributed by atoms with Gasteiger partial charge in [-0.3, -0.25) is 15.0 Å². The van der Waals surface area contributed by atoms with E-state index in [9.17, 15) is 0 Å². The summed E-state index contributed by atoms with van der Waals surface area (Å²) in [5.41, 5.74) is 0. The highest BCUT2D eigenvalue weighted by atomic mass is 15.4. The standard InChI is InChI=1S/C9H14N2.C8H15N3.C7H12N2/c1-2-5-9-10-6-4-8-11(9)7-3-1;1-10-5-3-7-11-6-2-4-9-8(10)11;1-3-7-8-4-2-6-9(7)5-1/h2,5H,1,3-4,6-8H2;2-7H2,1H3;1-6H2. The minimum atomic E-state index is 1.02. The minimum absolute atomic E-state index is 1.02. The summed E-state index contributed by atoms with van der Waals surface area (Å²) >= 11 is 0. The molecule has 6 aliphatic rings. The van der Waals surface area contributed by atoms with E-state index < -0.39 is 0 Å². The summed E-state index contributed by atoms with van der Waals surface area (Å²) in [6.45, 7) is 11.7. The first-order valence-corrected chi connectivity index (χ1v) is 12.6. The van der Waals surface area contributed by atoms with Gasteiger partial charge in [0.15, 0.2) is 5.96 Å². The van der Waals surface area contributed by atoms with Crippen LogP contribution in [0.25, 0.3) is 0 Å². The first-order valence-electron chi connectivity index (χ1n) is 12.6. The van der Waals surface area contributed by atoms with E-state index in [1.54, 1.807) is 0 Å². The van der Waals surface area contributed by atoms with Crippen molar-refractivity contribution in [2.75, 3.05) is 72.5 Å². The molecule has 0 aromatic carbocycles. The topological polar surface area (TPSA) is 50.0 Å². The second kappa shape index (κ2) is 11.5. The number of hydrogen-bond acceptors (Lipinski definition) is 7. The van der Waals surface area contributed by atoms with E-state index in [0.29, 0.717) is 0 Å². The van der Waals surface area contributed by atoms with Crippen LogP contribution in [0.3, 0.4) is 0 Å². The third kappa shape index (κ3) is 6.23. The number of nitrogens with zero attached hydrogens (tertiary/aromatic N) is 7. The van der Waals surface area contributed by atoms with Gasteiger partial charge in [0.1, 0.15) is 5.84 Å². The molecule has 0 atom stereocenters. The zero-order chi connectivity index (χ0) is 21.3. The number of amidine groups is 2. The van der Waals surface area contributed by atoms with Gasteiger partial charge in [-0.25, -0.2) is 0 Å². The molecule has 0 N–H and O–H groups in total. The van der Waals surface area contributed by atoms with Gasteiger partial charge >= 0.3 is 0 Å². The molecule has 0 aliphatic carbocycles. The molecule has 7 heteroatoms. The predicted molar refractivity (Wildman–Crippen MR) is 130 cm³/mol. The summed E-state index contributed by atoms with van der Waals surface area (Å²) in [7, 11) is 2.14. The first kappa shape index (κ1) is 22.2. The lowest BCUT2D eigenvalue weighted by Gasteiger charge is -2.39. The molecular formula is C24H41N7. The zero-order valence-electron chi connectivity index (χ0n) is 19.5. The Hall–Kier alpha value is -2.05. The number of allylic oxidation sites excluding steroid dienone is 1. The van der Waals surface area contributed by atoms with Crippen LogP contribution in [0.2, 0.25) is 0 Å². The van der Waals surface area contributed by atoms with Gasteiger partial charge in [-0.1, -0.05) is 6.08 Å². The van der Waals surface area contributed by atoms with Crippen LogP contribution in [0.4, 0.5) is 0 Å². The summed E-state index contributed by atoms with van der Waals surface area (Å²) in [6, 6.07) is 0. The van der Waals surface area contributed by atoms with E-state index in [0.717, 1.165) is 19.6 Å². The summed E-state index contributed by atoms with van der Waals surface area (Å²) in [5.74, 6) is 3.82. The monoisotopic (exact) mass is 427 g/mol. The third-order valence-corrected chi connectivity index (χ3v) is 6.71. The largest absolute Gasteiger partial charge is 0.360 e. The maximum Gasteiger partial charge on any atom is 0.196 e. The van der Waals surface area contributed by atoms with E-state index in [-0.39, 0.29) is 0 Å². The lowest BCUT2D eigenvalue weighted by Crippen LogP contribution is -2.50. The Morgan fingerprint density at radius 1 is 0.645 bits per heavy atom. The Labute approximate surface area is 188 Å². The Morgan fingerprint density at radius 2 is 1.32 bits per heavy atom. The fourth-order valence-electron chi connectivity index (χ4n) is 5.06. The third-order valence-electron chi connectivity index (χ3n) is 6.71. The highest BCUT2D eigenvalue weighted by Gasteiger charge is 2.22. The Kier molecular flexibility index (Phi) is 8.24. The smallest absolute Gasteiger partial charge is 0.196 e. The van der Waals surface area contributed by atoms with Gasteiger partial charge < -0.3 is 19.6 Å². The molecule has 2 saturated heterocycles. The average molecular weight is 428 g/mol. The number of hydrogen-bond donors (Lipinski definition) is 0. The number of guanidine groups is 1. The fraction of sp³-hybridized carbons (Fsp3) is 0.792. The fourth-order valence-corrected chi connectivity index (χ4v) is 5.06. The predicted octanol–water partition coefficient (Wildman–Crippen LogP) is 2.71. The molecular weight excluding hydrogens is 386 g/mol. The lowest BCUT2D eigenvalue weighted by atomic mass is 10.2. The molecule has 0 unspecified atom stereocenters. The van der Waals surface area contributed by atoms with Crippen molar-refractivity contribution in [3.8, 4) is 0 Å². The van der Waals surface area contributed by atoms with Crippen LogP contribution in [0.5, 0.6) is 0 Å². The van der Waals surface area contributed by atoms with E-state index in [1.807, 2.05) is 0 Å². The molecule has 7 nitrogen and oxygen atoms in total. The Balaban J connectivity index is 0.000000113. The Bertz CT molecular complexity index is 696. The second-order valence-corrected chi connectivity index (χ2v) is 9.16. The molecule has 172 valence electrons. The maximum atomic E-state index is 4.50. The van der Waals surface area contributed by atoms with Gasteiger partial charge in [0.05, 0.1) is 5.84 Å². The van der Waals surface area contributed by atoms with Crippen LogP contribution in [-0.4, -0.2) is 110 Å². The van der Waals surface area contributed by atoms with Crippen LogP contribution in [-0.2, 0) is 0 Å². The zero-order valence-corrected chi connectivity index (χ0v) is 19.5. The highest BCUT2D eigenvalue weighted by Crippen LogP contribution is 2.15. The average Bonchev–Trinajstić information content (AvgIpc) is 3.17. The van der Waals surface area contributed by atoms with Gasteiger partial charge in [0.2, 0.25) is 0 Å². The normalized spacial score (nSPS) is 24.7. The SMILES string of the molecule is C1=CC2=NCCCN2CCC1.C1CN=C2CCCN2C1.CN1CCCN2CCCN=C12. The molecule has 0 radical (unpaired) electrons. The van der Waals surface area contributed by atoms with Crippen molar-refractivity contribution in [3.63, 3.8) is 0 Å². The van der Waals surface area contributed by atoms with Crippen LogP contribution in [0, 0.1) is 0 Å². The van der Waals surface area contributed by atoms with Crippen molar-refractivity contribution in [1.29, 1.82) is 0 Å². The molecule has 0 aromatic heterocycles. The van der Waals surface area contributed by atoms with Gasteiger partial charge in [0.25, 0.3) is 0 Å². The quantitative estimate of drug-likeness (QED) is 0.596. The van der Waals surface area contributed by atoms with Crippen molar-refractivity contribution >= 4 is 17.6 Å². The summed E-state index contributed by atoms with van der Waals surface area (Å²) in [5, 5.41) is 0. The van der Waals surface area contributed by atoms with Crippen LogP contribution in [0.15, 0.2) is 27.1 Å². The van der Waals surface area contributed by atoms with Crippen molar-refractivity contribution in [1.82, 2.24) is 19.6 Å². The van der Waals surface area contributed by atoms with Gasteiger partial charge in [-0.15, -0.1) is 0 Å². The molecule has 0 amide bonds. The Morgan fingerprint density at radius 3 is 2.16 bits per heavy atom. The molecule has 6 rings (SSSR count). The molecule has 0 saturated carbocycles. The van der Waals surface area contributed by atoms with Crippen LogP contribution in [0.1, 0.15) is 51.4 Å². The van der Waals surface area contributed by atoms with Crippen molar-refractivity contribution in [2.45, 2.75) is 51.4 Å². The van der Waals surface area contributed by atoms with Crippen molar-refractivity contribution < 1.29 is 0 Å². The van der Waals surface area contributed by atoms with E-state index >= 15 is 0 Å². The van der Waals surface area contributed by atoms with Crippen LogP contribution >= 0.6 is 0 Å². The molecule has 0 spiro atoms. The molecule has 6 heterocycles. The van der Waals surface area contributed by atoms with E-state index in [2.05, 4.69) is 53.8 Å². The number of rotatable bonds is 0. The van der Waals surface area contributed by atoms with Crippen molar-refractivity contribution in [2.24, 2.45) is 15.0 Å². The highest BCUT2D eigenvalue weighted by molar-refractivity contribution is 5.93. The van der Waals surface area contributed by atoms with Gasteiger partial charge in [-0.05, 0) is 51.0 Å². The summed E-state index contributed by atoms with van der Waals surface area (Å²) < 4.78 is 0. The molecule has 0 bridgehead atoms. The van der Waals surface area contributed by atoms with Crippen LogP contribution < -0.4 is 0 Å². The number of aliphatic imine (C=N–C) groups is 3. The molecule has 2 fully saturated rings. The number of fused-ring (bicyclic) bond motifs is 3.